The van der Waals surface area contributed by atoms with E-state index in [1.165, 1.54) is 16.0 Å². The van der Waals surface area contributed by atoms with E-state index in [9.17, 15) is 5.11 Å². The van der Waals surface area contributed by atoms with Gasteiger partial charge in [-0.1, -0.05) is 24.3 Å². The van der Waals surface area contributed by atoms with Gasteiger partial charge in [-0.2, -0.15) is 0 Å². The Morgan fingerprint density at radius 2 is 2.12 bits per heavy atom. The summed E-state index contributed by atoms with van der Waals surface area (Å²) in [5, 5.41) is 12.2. The number of aliphatic hydroxyl groups excluding tert-OH is 1. The van der Waals surface area contributed by atoms with Crippen molar-refractivity contribution in [2.45, 2.75) is 25.7 Å². The van der Waals surface area contributed by atoms with Gasteiger partial charge >= 0.3 is 0 Å². The van der Waals surface area contributed by atoms with E-state index in [-0.39, 0.29) is 0 Å². The Morgan fingerprint density at radius 3 is 2.94 bits per heavy atom. The fourth-order valence-electron chi connectivity index (χ4n) is 2.14. The summed E-state index contributed by atoms with van der Waals surface area (Å²) < 4.78 is 5.38. The lowest BCUT2D eigenvalue weighted by molar-refractivity contribution is 0.134. The molecule has 1 unspecified atom stereocenters. The zero-order chi connectivity index (χ0) is 11.7. The van der Waals surface area contributed by atoms with E-state index in [0.717, 1.165) is 5.56 Å². The van der Waals surface area contributed by atoms with Crippen LogP contribution in [0.1, 0.15) is 27.7 Å². The molecule has 1 aliphatic rings. The van der Waals surface area contributed by atoms with Crippen LogP contribution in [0.3, 0.4) is 0 Å². The molecule has 1 aromatic heterocycles. The topological polar surface area (TPSA) is 29.5 Å². The van der Waals surface area contributed by atoms with Crippen LogP contribution >= 0.6 is 11.3 Å². The zero-order valence-electron chi connectivity index (χ0n) is 9.43. The van der Waals surface area contributed by atoms with Gasteiger partial charge in [0.1, 0.15) is 0 Å². The lowest BCUT2D eigenvalue weighted by Gasteiger charge is -2.11. The maximum Gasteiger partial charge on any atom is 0.0838 e. The molecule has 1 aromatic carbocycles. The van der Waals surface area contributed by atoms with E-state index in [4.69, 9.17) is 4.74 Å². The second-order valence-corrected chi connectivity index (χ2v) is 5.35. The summed E-state index contributed by atoms with van der Waals surface area (Å²) in [4.78, 5) is 1.22. The Bertz CT molecular complexity index is 505. The van der Waals surface area contributed by atoms with Crippen LogP contribution in [-0.2, 0) is 24.4 Å². The number of aliphatic hydroxyl groups is 1. The SMILES string of the molecule is OC(Cc1cccs1)c1ccc2c(c1)COC2. The maximum absolute atomic E-state index is 10.2. The molecule has 0 spiro atoms. The molecule has 0 saturated heterocycles. The van der Waals surface area contributed by atoms with E-state index in [2.05, 4.69) is 18.2 Å². The number of fused-ring (bicyclic) bond motifs is 1. The smallest absolute Gasteiger partial charge is 0.0838 e. The highest BCUT2D eigenvalue weighted by molar-refractivity contribution is 7.09. The molecular weight excluding hydrogens is 232 g/mol. The van der Waals surface area contributed by atoms with E-state index in [1.54, 1.807) is 11.3 Å². The van der Waals surface area contributed by atoms with Crippen molar-refractivity contribution in [3.63, 3.8) is 0 Å². The van der Waals surface area contributed by atoms with Crippen molar-refractivity contribution in [3.8, 4) is 0 Å². The molecule has 0 amide bonds. The van der Waals surface area contributed by atoms with Crippen molar-refractivity contribution >= 4 is 11.3 Å². The van der Waals surface area contributed by atoms with Gasteiger partial charge in [0, 0.05) is 11.3 Å². The van der Waals surface area contributed by atoms with Crippen LogP contribution in [0.2, 0.25) is 0 Å². The average Bonchev–Trinajstić information content (AvgIpc) is 2.97. The van der Waals surface area contributed by atoms with Crippen molar-refractivity contribution in [3.05, 3.63) is 57.3 Å². The first-order chi connectivity index (χ1) is 8.33. The normalized spacial score (nSPS) is 15.8. The van der Waals surface area contributed by atoms with Crippen LogP contribution in [0, 0.1) is 0 Å². The summed E-state index contributed by atoms with van der Waals surface area (Å²) in [5.41, 5.74) is 3.45. The molecule has 0 saturated carbocycles. The predicted molar refractivity (Wildman–Crippen MR) is 67.9 cm³/mol. The molecule has 0 radical (unpaired) electrons. The van der Waals surface area contributed by atoms with Gasteiger partial charge in [0.2, 0.25) is 0 Å². The molecular formula is C14H14O2S. The second kappa shape index (κ2) is 4.61. The molecule has 1 aliphatic heterocycles. The maximum atomic E-state index is 10.2. The highest BCUT2D eigenvalue weighted by Gasteiger charge is 2.15. The van der Waals surface area contributed by atoms with Gasteiger partial charge < -0.3 is 9.84 Å². The molecule has 3 rings (SSSR count). The van der Waals surface area contributed by atoms with Crippen molar-refractivity contribution < 1.29 is 9.84 Å². The summed E-state index contributed by atoms with van der Waals surface area (Å²) in [6.07, 6.45) is 0.275. The third-order valence-electron chi connectivity index (χ3n) is 3.10. The van der Waals surface area contributed by atoms with Gasteiger partial charge in [-0.25, -0.2) is 0 Å². The lowest BCUT2D eigenvalue weighted by atomic mass is 10.0. The van der Waals surface area contributed by atoms with Crippen LogP contribution < -0.4 is 0 Å². The van der Waals surface area contributed by atoms with Crippen molar-refractivity contribution in [1.82, 2.24) is 0 Å². The van der Waals surface area contributed by atoms with Gasteiger partial charge in [0.05, 0.1) is 19.3 Å². The number of hydrogen-bond donors (Lipinski definition) is 1. The molecule has 3 heteroatoms. The molecule has 88 valence electrons. The van der Waals surface area contributed by atoms with Crippen LogP contribution in [0.15, 0.2) is 35.7 Å². The zero-order valence-corrected chi connectivity index (χ0v) is 10.2. The third kappa shape index (κ3) is 2.27. The first kappa shape index (κ1) is 11.0. The molecule has 2 nitrogen and oxygen atoms in total. The number of hydrogen-bond acceptors (Lipinski definition) is 3. The predicted octanol–water partition coefficient (Wildman–Crippen LogP) is 3.05. The Balaban J connectivity index is 1.79. The molecule has 2 heterocycles. The molecule has 1 atom stereocenters. The molecule has 17 heavy (non-hydrogen) atoms. The molecule has 2 aromatic rings. The van der Waals surface area contributed by atoms with E-state index in [1.807, 2.05) is 17.5 Å². The molecule has 1 N–H and O–H groups in total. The van der Waals surface area contributed by atoms with E-state index in [0.29, 0.717) is 19.6 Å². The van der Waals surface area contributed by atoms with E-state index >= 15 is 0 Å². The fourth-order valence-corrected chi connectivity index (χ4v) is 2.88. The summed E-state index contributed by atoms with van der Waals surface area (Å²) in [6.45, 7) is 1.38. The monoisotopic (exact) mass is 246 g/mol. The summed E-state index contributed by atoms with van der Waals surface area (Å²) in [6, 6.07) is 10.2. The Morgan fingerprint density at radius 1 is 1.24 bits per heavy atom. The van der Waals surface area contributed by atoms with E-state index < -0.39 is 6.10 Å². The Labute approximate surface area is 104 Å². The number of rotatable bonds is 3. The standard InChI is InChI=1S/C14H14O2S/c15-14(7-13-2-1-5-17-13)10-3-4-11-8-16-9-12(11)6-10/h1-6,14-15H,7-9H2. The second-order valence-electron chi connectivity index (χ2n) is 4.32. The molecule has 0 fully saturated rings. The first-order valence-electron chi connectivity index (χ1n) is 5.73. The van der Waals surface area contributed by atoms with Crippen LogP contribution in [0.5, 0.6) is 0 Å². The van der Waals surface area contributed by atoms with Crippen LogP contribution in [-0.4, -0.2) is 5.11 Å². The Hall–Kier alpha value is -1.16. The number of benzene rings is 1. The summed E-state index contributed by atoms with van der Waals surface area (Å²) in [5.74, 6) is 0. The Kier molecular flexibility index (Phi) is 2.97. The quantitative estimate of drug-likeness (QED) is 0.902. The molecule has 0 aliphatic carbocycles. The van der Waals surface area contributed by atoms with Gasteiger partial charge in [0.15, 0.2) is 0 Å². The average molecular weight is 246 g/mol. The minimum Gasteiger partial charge on any atom is -0.388 e. The van der Waals surface area contributed by atoms with Gasteiger partial charge in [-0.05, 0) is 28.1 Å². The number of ether oxygens (including phenoxy) is 1. The van der Waals surface area contributed by atoms with Crippen LogP contribution in [0.4, 0.5) is 0 Å². The largest absolute Gasteiger partial charge is 0.388 e. The number of thiophene rings is 1. The minimum absolute atomic E-state index is 0.417. The molecule has 0 bridgehead atoms. The lowest BCUT2D eigenvalue weighted by Crippen LogP contribution is -2.01. The van der Waals surface area contributed by atoms with Crippen molar-refractivity contribution in [2.24, 2.45) is 0 Å². The fraction of sp³-hybridized carbons (Fsp3) is 0.286. The summed E-state index contributed by atoms with van der Waals surface area (Å²) in [7, 11) is 0. The van der Waals surface area contributed by atoms with Gasteiger partial charge in [0.25, 0.3) is 0 Å². The highest BCUT2D eigenvalue weighted by Crippen LogP contribution is 2.26. The highest BCUT2D eigenvalue weighted by atomic mass is 32.1. The van der Waals surface area contributed by atoms with Crippen molar-refractivity contribution in [1.29, 1.82) is 0 Å². The first-order valence-corrected chi connectivity index (χ1v) is 6.61. The van der Waals surface area contributed by atoms with Gasteiger partial charge in [-0.15, -0.1) is 11.3 Å². The minimum atomic E-state index is -0.417. The summed E-state index contributed by atoms with van der Waals surface area (Å²) >= 11 is 1.69. The van der Waals surface area contributed by atoms with Crippen molar-refractivity contribution in [2.75, 3.05) is 0 Å². The van der Waals surface area contributed by atoms with Gasteiger partial charge in [-0.3, -0.25) is 0 Å². The third-order valence-corrected chi connectivity index (χ3v) is 4.00. The van der Waals surface area contributed by atoms with Crippen LogP contribution in [0.25, 0.3) is 0 Å².